The molecule has 1 aliphatic carbocycles. The normalized spacial score (nSPS) is 13.1. The Kier molecular flexibility index (Phi) is 6.98. The van der Waals surface area contributed by atoms with E-state index < -0.39 is 0 Å². The summed E-state index contributed by atoms with van der Waals surface area (Å²) in [5.74, 6) is 0.645. The minimum absolute atomic E-state index is 0.120. The van der Waals surface area contributed by atoms with Crippen LogP contribution in [0.2, 0.25) is 0 Å². The van der Waals surface area contributed by atoms with Crippen molar-refractivity contribution in [3.05, 3.63) is 199 Å². The molecule has 12 rings (SSSR count). The van der Waals surface area contributed by atoms with Crippen molar-refractivity contribution in [2.75, 3.05) is 0 Å². The fourth-order valence-corrected chi connectivity index (χ4v) is 9.90. The summed E-state index contributed by atoms with van der Waals surface area (Å²) in [5.41, 5.74) is 13.6. The highest BCUT2D eigenvalue weighted by Crippen LogP contribution is 2.53. The van der Waals surface area contributed by atoms with Crippen molar-refractivity contribution in [1.29, 1.82) is 0 Å². The Hall–Kier alpha value is -7.36. The van der Waals surface area contributed by atoms with E-state index >= 15 is 0 Å². The van der Waals surface area contributed by atoms with E-state index in [0.29, 0.717) is 5.95 Å². The van der Waals surface area contributed by atoms with Crippen LogP contribution in [0.15, 0.2) is 188 Å². The summed E-state index contributed by atoms with van der Waals surface area (Å²) in [4.78, 5) is 11.0. The number of hydrogen-bond donors (Lipinski definition) is 0. The molecule has 1 aliphatic rings. The quantitative estimate of drug-likeness (QED) is 0.168. The molecular formula is C55H37N3. The first-order chi connectivity index (χ1) is 28.5. The predicted molar refractivity (Wildman–Crippen MR) is 243 cm³/mol. The number of rotatable bonds is 4. The highest BCUT2D eigenvalue weighted by atomic mass is 15.2. The van der Waals surface area contributed by atoms with Crippen molar-refractivity contribution in [2.45, 2.75) is 19.3 Å². The molecule has 0 atom stereocenters. The van der Waals surface area contributed by atoms with Gasteiger partial charge in [-0.15, -0.1) is 0 Å². The number of fused-ring (bicyclic) bond motifs is 13. The zero-order chi connectivity index (χ0) is 38.5. The second-order valence-electron chi connectivity index (χ2n) is 16.1. The maximum Gasteiger partial charge on any atom is 0.235 e. The predicted octanol–water partition coefficient (Wildman–Crippen LogP) is 14.3. The fourth-order valence-electron chi connectivity index (χ4n) is 9.90. The summed E-state index contributed by atoms with van der Waals surface area (Å²) in [5, 5.41) is 9.79. The summed E-state index contributed by atoms with van der Waals surface area (Å²) in [7, 11) is 0. The molecule has 0 saturated heterocycles. The molecule has 0 saturated carbocycles. The fraction of sp³-hybridized carbons (Fsp3) is 0.0545. The minimum atomic E-state index is -0.120. The SMILES string of the molecule is CC1(C)c2ccc(-c3cccc4c5c6ccccc6c6ccccc6c5n(-c5nc(-c6ccccc6)cc(-c6ccccc6)n5)c34)cc2-c2c1ccc1ccccc21. The zero-order valence-electron chi connectivity index (χ0n) is 32.2. The van der Waals surface area contributed by atoms with Gasteiger partial charge >= 0.3 is 0 Å². The smallest absolute Gasteiger partial charge is 0.235 e. The molecule has 0 fully saturated rings. The molecule has 2 heterocycles. The molecule has 0 unspecified atom stereocenters. The number of nitrogens with zero attached hydrogens (tertiary/aromatic N) is 3. The molecule has 0 bridgehead atoms. The second-order valence-corrected chi connectivity index (χ2v) is 16.1. The first-order valence-electron chi connectivity index (χ1n) is 20.1. The summed E-state index contributed by atoms with van der Waals surface area (Å²) in [6, 6.07) is 68.1. The van der Waals surface area contributed by atoms with Gasteiger partial charge in [0.25, 0.3) is 0 Å². The van der Waals surface area contributed by atoms with Crippen molar-refractivity contribution in [3.63, 3.8) is 0 Å². The van der Waals surface area contributed by atoms with Crippen LogP contribution in [0.5, 0.6) is 0 Å². The highest BCUT2D eigenvalue weighted by molar-refractivity contribution is 6.33. The van der Waals surface area contributed by atoms with E-state index in [1.807, 2.05) is 0 Å². The van der Waals surface area contributed by atoms with Crippen LogP contribution >= 0.6 is 0 Å². The summed E-state index contributed by atoms with van der Waals surface area (Å²) in [6.45, 7) is 4.73. The van der Waals surface area contributed by atoms with Crippen LogP contribution in [0, 0.1) is 0 Å². The molecule has 2 aromatic heterocycles. The van der Waals surface area contributed by atoms with Gasteiger partial charge in [-0.3, -0.25) is 4.57 Å². The Morgan fingerprint density at radius 2 is 0.966 bits per heavy atom. The Morgan fingerprint density at radius 3 is 1.67 bits per heavy atom. The summed E-state index contributed by atoms with van der Waals surface area (Å²) in [6.07, 6.45) is 0. The van der Waals surface area contributed by atoms with Crippen molar-refractivity contribution < 1.29 is 0 Å². The number of hydrogen-bond acceptors (Lipinski definition) is 2. The second kappa shape index (κ2) is 12.3. The van der Waals surface area contributed by atoms with Gasteiger partial charge in [0.1, 0.15) is 0 Å². The molecular weight excluding hydrogens is 703 g/mol. The van der Waals surface area contributed by atoms with Crippen molar-refractivity contribution in [2.24, 2.45) is 0 Å². The first kappa shape index (κ1) is 32.8. The molecule has 272 valence electrons. The third-order valence-electron chi connectivity index (χ3n) is 12.6. The van der Waals surface area contributed by atoms with Gasteiger partial charge in [-0.05, 0) is 66.9 Å². The van der Waals surface area contributed by atoms with Crippen LogP contribution in [0.25, 0.3) is 105 Å². The van der Waals surface area contributed by atoms with Crippen LogP contribution < -0.4 is 0 Å². The van der Waals surface area contributed by atoms with Crippen LogP contribution in [0.1, 0.15) is 25.0 Å². The first-order valence-corrected chi connectivity index (χ1v) is 20.1. The zero-order valence-corrected chi connectivity index (χ0v) is 32.2. The minimum Gasteiger partial charge on any atom is -0.277 e. The Bertz CT molecular complexity index is 3410. The van der Waals surface area contributed by atoms with E-state index in [1.165, 1.54) is 70.9 Å². The average Bonchev–Trinajstić information content (AvgIpc) is 3.76. The van der Waals surface area contributed by atoms with Crippen molar-refractivity contribution in [1.82, 2.24) is 14.5 Å². The monoisotopic (exact) mass is 739 g/mol. The van der Waals surface area contributed by atoms with E-state index in [2.05, 4.69) is 206 Å². The van der Waals surface area contributed by atoms with E-state index in [4.69, 9.17) is 9.97 Å². The van der Waals surface area contributed by atoms with Gasteiger partial charge in [-0.25, -0.2) is 9.97 Å². The largest absolute Gasteiger partial charge is 0.277 e. The van der Waals surface area contributed by atoms with Crippen LogP contribution in [-0.4, -0.2) is 14.5 Å². The van der Waals surface area contributed by atoms with E-state index in [0.717, 1.165) is 39.1 Å². The molecule has 9 aromatic carbocycles. The van der Waals surface area contributed by atoms with Gasteiger partial charge in [0.05, 0.1) is 22.4 Å². The van der Waals surface area contributed by atoms with Gasteiger partial charge in [0, 0.05) is 38.3 Å². The molecule has 0 spiro atoms. The van der Waals surface area contributed by atoms with E-state index in [9.17, 15) is 0 Å². The number of para-hydroxylation sites is 1. The molecule has 0 N–H and O–H groups in total. The van der Waals surface area contributed by atoms with Gasteiger partial charge in [-0.1, -0.05) is 190 Å². The third-order valence-corrected chi connectivity index (χ3v) is 12.6. The van der Waals surface area contributed by atoms with E-state index in [-0.39, 0.29) is 5.41 Å². The maximum absolute atomic E-state index is 5.49. The topological polar surface area (TPSA) is 30.7 Å². The lowest BCUT2D eigenvalue weighted by atomic mass is 9.82. The van der Waals surface area contributed by atoms with Crippen molar-refractivity contribution in [3.8, 4) is 50.7 Å². The Balaban J connectivity index is 1.24. The molecule has 3 heteroatoms. The average molecular weight is 740 g/mol. The number of benzene rings is 9. The number of aromatic nitrogens is 3. The molecule has 0 radical (unpaired) electrons. The Labute approximate surface area is 336 Å². The Morgan fingerprint density at radius 1 is 0.397 bits per heavy atom. The van der Waals surface area contributed by atoms with Crippen molar-refractivity contribution >= 4 is 54.1 Å². The summed E-state index contributed by atoms with van der Waals surface area (Å²) >= 11 is 0. The van der Waals surface area contributed by atoms with Gasteiger partial charge in [0.2, 0.25) is 5.95 Å². The molecule has 11 aromatic rings. The maximum atomic E-state index is 5.49. The van der Waals surface area contributed by atoms with E-state index in [1.54, 1.807) is 0 Å². The van der Waals surface area contributed by atoms with Crippen LogP contribution in [-0.2, 0) is 5.41 Å². The van der Waals surface area contributed by atoms with Crippen LogP contribution in [0.4, 0.5) is 0 Å². The molecule has 0 aliphatic heterocycles. The molecule has 58 heavy (non-hydrogen) atoms. The van der Waals surface area contributed by atoms with Crippen LogP contribution in [0.3, 0.4) is 0 Å². The lowest BCUT2D eigenvalue weighted by Gasteiger charge is -2.21. The summed E-state index contributed by atoms with van der Waals surface area (Å²) < 4.78 is 2.37. The standard InChI is InChI=1S/C55H37N3/c1-55(2)46-30-29-37(32-45(46)50-38-21-10-9-16-34(38)28-31-47(50)55)39-26-15-27-44-51-42-24-13-11-22-40(42)41-23-12-14-25-43(41)53(51)58(52(39)44)54-56-48(35-17-5-3-6-18-35)33-49(57-54)36-19-7-4-8-20-36/h3-33H,1-2H3. The van der Waals surface area contributed by atoms with Gasteiger partial charge in [-0.2, -0.15) is 0 Å². The molecule has 0 amide bonds. The van der Waals surface area contributed by atoms with Gasteiger partial charge < -0.3 is 0 Å². The highest BCUT2D eigenvalue weighted by Gasteiger charge is 2.37. The lowest BCUT2D eigenvalue weighted by Crippen LogP contribution is -2.14. The molecule has 3 nitrogen and oxygen atoms in total. The third kappa shape index (κ3) is 4.68. The lowest BCUT2D eigenvalue weighted by molar-refractivity contribution is 0.661. The van der Waals surface area contributed by atoms with Gasteiger partial charge in [0.15, 0.2) is 0 Å².